The van der Waals surface area contributed by atoms with Gasteiger partial charge in [0.15, 0.2) is 0 Å². The number of carbonyl (C=O) groups excluding carboxylic acids is 2. The topological polar surface area (TPSA) is 93.1 Å². The van der Waals surface area contributed by atoms with Crippen molar-refractivity contribution in [3.8, 4) is 0 Å². The van der Waals surface area contributed by atoms with Gasteiger partial charge in [-0.25, -0.2) is 0 Å². The molecule has 1 unspecified atom stereocenters. The number of nitrogens with one attached hydrogen (secondary N) is 1. The number of nitrogens with zero attached hydrogens (tertiary/aromatic N) is 2. The number of hydrogen-bond acceptors (Lipinski definition) is 5. The van der Waals surface area contributed by atoms with Crippen molar-refractivity contribution >= 4 is 24.2 Å². The number of piperidine rings is 1. The Morgan fingerprint density at radius 1 is 0.974 bits per heavy atom. The molecule has 0 aromatic heterocycles. The van der Waals surface area contributed by atoms with Gasteiger partial charge in [0, 0.05) is 26.2 Å². The summed E-state index contributed by atoms with van der Waals surface area (Å²) in [5, 5.41) is 24.2. The molecule has 2 aliphatic heterocycles. The van der Waals surface area contributed by atoms with Crippen LogP contribution in [-0.4, -0.2) is 69.1 Å². The molecule has 38 heavy (non-hydrogen) atoms. The smallest absolute Gasteiger partial charge is 0.248 e. The molecule has 2 aromatic rings. The van der Waals surface area contributed by atoms with E-state index in [9.17, 15) is 19.8 Å². The van der Waals surface area contributed by atoms with Gasteiger partial charge in [-0.15, -0.1) is 12.4 Å². The van der Waals surface area contributed by atoms with Gasteiger partial charge in [0.2, 0.25) is 11.8 Å². The Morgan fingerprint density at radius 2 is 1.58 bits per heavy atom. The van der Waals surface area contributed by atoms with Crippen LogP contribution in [0.25, 0.3) is 0 Å². The number of piperazine rings is 1. The number of carbonyl (C=O) groups is 2. The normalized spacial score (nSPS) is 21.2. The van der Waals surface area contributed by atoms with Gasteiger partial charge in [0.1, 0.15) is 17.7 Å². The number of amides is 2. The molecular weight excluding hydrogens is 502 g/mol. The molecule has 3 N–H and O–H groups in total. The van der Waals surface area contributed by atoms with E-state index in [1.807, 2.05) is 68.4 Å². The van der Waals surface area contributed by atoms with Crippen LogP contribution < -0.4 is 5.32 Å². The Bertz CT molecular complexity index is 1050. The van der Waals surface area contributed by atoms with Crippen molar-refractivity contribution < 1.29 is 19.8 Å². The van der Waals surface area contributed by atoms with E-state index < -0.39 is 23.8 Å². The van der Waals surface area contributed by atoms with Crippen LogP contribution in [0.15, 0.2) is 54.6 Å². The molecule has 208 valence electrons. The lowest BCUT2D eigenvalue weighted by Gasteiger charge is -2.52. The lowest BCUT2D eigenvalue weighted by Crippen LogP contribution is -2.74. The average Bonchev–Trinajstić information content (AvgIpc) is 2.92. The number of unbranched alkanes of at least 4 members (excludes halogenated alkanes) is 1. The minimum Gasteiger partial charge on any atom is -0.390 e. The van der Waals surface area contributed by atoms with Gasteiger partial charge in [-0.05, 0) is 41.9 Å². The molecule has 0 aliphatic carbocycles. The van der Waals surface area contributed by atoms with Crippen molar-refractivity contribution in [3.63, 3.8) is 0 Å². The summed E-state index contributed by atoms with van der Waals surface area (Å²) in [4.78, 5) is 31.0. The van der Waals surface area contributed by atoms with Crippen LogP contribution in [0.2, 0.25) is 0 Å². The monoisotopic (exact) mass is 543 g/mol. The van der Waals surface area contributed by atoms with Crippen LogP contribution in [-0.2, 0) is 16.1 Å². The zero-order valence-electron chi connectivity index (χ0n) is 22.7. The lowest BCUT2D eigenvalue weighted by molar-refractivity contribution is -0.165. The summed E-state index contributed by atoms with van der Waals surface area (Å²) in [7, 11) is 0. The number of aliphatic hydroxyl groups is 2. The third kappa shape index (κ3) is 6.23. The standard InChI is InChI=1S/C30H41N3O4.ClH/c1-4-5-17-33-28(36)25(26(34)21(2)3)31-29(37)30(33)15-18-32(19-16-30)20-22-11-13-24(14-12-22)27(35)23-9-7-6-8-10-23;/h6-14,21,25-27,34-35H,4-5,15-20H2,1-3H3,(H,31,37);1H/t25-,26-,27?;/m1./s1. The number of rotatable bonds is 9. The minimum atomic E-state index is -0.901. The lowest BCUT2D eigenvalue weighted by atomic mass is 9.80. The highest BCUT2D eigenvalue weighted by molar-refractivity contribution is 6.00. The third-order valence-corrected chi connectivity index (χ3v) is 8.02. The zero-order valence-corrected chi connectivity index (χ0v) is 23.5. The molecule has 8 heteroatoms. The van der Waals surface area contributed by atoms with E-state index in [0.29, 0.717) is 32.5 Å². The molecule has 2 aromatic carbocycles. The maximum absolute atomic E-state index is 13.5. The Hall–Kier alpha value is -2.45. The zero-order chi connectivity index (χ0) is 26.6. The number of hydrogen-bond donors (Lipinski definition) is 3. The molecule has 2 aliphatic rings. The summed E-state index contributed by atoms with van der Waals surface area (Å²) in [6.45, 7) is 8.49. The molecule has 2 fully saturated rings. The van der Waals surface area contributed by atoms with E-state index >= 15 is 0 Å². The Morgan fingerprint density at radius 3 is 2.16 bits per heavy atom. The highest BCUT2D eigenvalue weighted by Gasteiger charge is 2.54. The highest BCUT2D eigenvalue weighted by Crippen LogP contribution is 2.35. The Labute approximate surface area is 232 Å². The Kier molecular flexibility index (Phi) is 10.4. The Balaban J connectivity index is 0.00000400. The average molecular weight is 544 g/mol. The van der Waals surface area contributed by atoms with Crippen molar-refractivity contribution in [3.05, 3.63) is 71.3 Å². The molecule has 4 rings (SSSR count). The predicted octanol–water partition coefficient (Wildman–Crippen LogP) is 3.67. The van der Waals surface area contributed by atoms with Gasteiger partial charge in [0.25, 0.3) is 0 Å². The molecule has 7 nitrogen and oxygen atoms in total. The second kappa shape index (κ2) is 13.1. The largest absolute Gasteiger partial charge is 0.390 e. The van der Waals surface area contributed by atoms with Gasteiger partial charge in [-0.2, -0.15) is 0 Å². The first-order valence-electron chi connectivity index (χ1n) is 13.6. The SMILES string of the molecule is CCCCN1C(=O)[C@@H]([C@H](O)C(C)C)NC(=O)C12CCN(Cc1ccc(C(O)c3ccccc3)cc1)CC2.Cl. The number of aliphatic hydroxyl groups excluding tert-OH is 2. The van der Waals surface area contributed by atoms with Crippen LogP contribution >= 0.6 is 12.4 Å². The first kappa shape index (κ1) is 30.1. The number of likely N-dealkylation sites (tertiary alicyclic amines) is 1. The third-order valence-electron chi connectivity index (χ3n) is 8.02. The quantitative estimate of drug-likeness (QED) is 0.449. The van der Waals surface area contributed by atoms with Crippen molar-refractivity contribution in [1.29, 1.82) is 0 Å². The first-order chi connectivity index (χ1) is 17.8. The van der Waals surface area contributed by atoms with Gasteiger partial charge >= 0.3 is 0 Å². The highest BCUT2D eigenvalue weighted by atomic mass is 35.5. The summed E-state index contributed by atoms with van der Waals surface area (Å²) in [6.07, 6.45) is 1.35. The molecule has 2 amide bonds. The summed E-state index contributed by atoms with van der Waals surface area (Å²) in [5.74, 6) is -0.416. The summed E-state index contributed by atoms with van der Waals surface area (Å²) in [6, 6.07) is 16.8. The predicted molar refractivity (Wildman–Crippen MR) is 151 cm³/mol. The van der Waals surface area contributed by atoms with Gasteiger partial charge in [-0.1, -0.05) is 81.8 Å². The van der Waals surface area contributed by atoms with Crippen LogP contribution in [0, 0.1) is 5.92 Å². The van der Waals surface area contributed by atoms with E-state index in [2.05, 4.69) is 17.1 Å². The number of benzene rings is 2. The molecule has 1 spiro atoms. The van der Waals surface area contributed by atoms with Gasteiger partial charge < -0.3 is 20.4 Å². The van der Waals surface area contributed by atoms with Crippen molar-refractivity contribution in [2.24, 2.45) is 5.92 Å². The summed E-state index contributed by atoms with van der Waals surface area (Å²) in [5.41, 5.74) is 2.02. The number of halogens is 1. The first-order valence-corrected chi connectivity index (χ1v) is 13.6. The molecule has 3 atom stereocenters. The summed E-state index contributed by atoms with van der Waals surface area (Å²) < 4.78 is 0. The molecule has 0 radical (unpaired) electrons. The van der Waals surface area contributed by atoms with E-state index in [1.165, 1.54) is 0 Å². The second-order valence-corrected chi connectivity index (χ2v) is 10.9. The van der Waals surface area contributed by atoms with Crippen molar-refractivity contribution in [2.45, 2.75) is 76.8 Å². The van der Waals surface area contributed by atoms with Crippen LogP contribution in [0.3, 0.4) is 0 Å². The fourth-order valence-corrected chi connectivity index (χ4v) is 5.56. The summed E-state index contributed by atoms with van der Waals surface area (Å²) >= 11 is 0. The van der Waals surface area contributed by atoms with Crippen molar-refractivity contribution in [1.82, 2.24) is 15.1 Å². The van der Waals surface area contributed by atoms with E-state index in [0.717, 1.165) is 36.1 Å². The molecule has 0 saturated carbocycles. The molecular formula is C30H42ClN3O4. The van der Waals surface area contributed by atoms with E-state index in [4.69, 9.17) is 0 Å². The van der Waals surface area contributed by atoms with Crippen molar-refractivity contribution in [2.75, 3.05) is 19.6 Å². The maximum atomic E-state index is 13.5. The van der Waals surface area contributed by atoms with Crippen LogP contribution in [0.4, 0.5) is 0 Å². The molecule has 2 saturated heterocycles. The molecule has 2 heterocycles. The van der Waals surface area contributed by atoms with Crippen LogP contribution in [0.1, 0.15) is 69.2 Å². The van der Waals surface area contributed by atoms with Gasteiger partial charge in [0.05, 0.1) is 6.10 Å². The fraction of sp³-hybridized carbons (Fsp3) is 0.533. The second-order valence-electron chi connectivity index (χ2n) is 10.9. The van der Waals surface area contributed by atoms with Gasteiger partial charge in [-0.3, -0.25) is 14.5 Å². The van der Waals surface area contributed by atoms with E-state index in [1.54, 1.807) is 4.90 Å². The fourth-order valence-electron chi connectivity index (χ4n) is 5.56. The maximum Gasteiger partial charge on any atom is 0.248 e. The van der Waals surface area contributed by atoms with Crippen LogP contribution in [0.5, 0.6) is 0 Å². The minimum absolute atomic E-state index is 0. The van der Waals surface area contributed by atoms with E-state index in [-0.39, 0.29) is 30.1 Å². The molecule has 0 bridgehead atoms.